The molecule has 0 aliphatic rings. The van der Waals surface area contributed by atoms with Gasteiger partial charge in [-0.15, -0.1) is 0 Å². The molecule has 0 aliphatic carbocycles. The van der Waals surface area contributed by atoms with Gasteiger partial charge in [-0.05, 0) is 30.7 Å². The van der Waals surface area contributed by atoms with Crippen LogP contribution in [-0.2, 0) is 0 Å². The van der Waals surface area contributed by atoms with E-state index in [-0.39, 0.29) is 16.3 Å². The Hall–Kier alpha value is -2.07. The highest BCUT2D eigenvalue weighted by Crippen LogP contribution is 2.26. The lowest BCUT2D eigenvalue weighted by atomic mass is 10.1. The number of nitrogens with one attached hydrogen (secondary N) is 1. The molecule has 2 rings (SSSR count). The van der Waals surface area contributed by atoms with E-state index < -0.39 is 11.7 Å². The Labute approximate surface area is 114 Å². The van der Waals surface area contributed by atoms with Crippen molar-refractivity contribution >= 4 is 23.2 Å². The van der Waals surface area contributed by atoms with E-state index in [2.05, 4.69) is 5.32 Å². The van der Waals surface area contributed by atoms with Crippen molar-refractivity contribution in [1.29, 1.82) is 0 Å². The molecule has 0 saturated heterocycles. The summed E-state index contributed by atoms with van der Waals surface area (Å²) in [5, 5.41) is 11.9. The fourth-order valence-electron chi connectivity index (χ4n) is 1.62. The predicted octanol–water partition coefficient (Wildman–Crippen LogP) is 3.75. The smallest absolute Gasteiger partial charge is 0.258 e. The monoisotopic (exact) mass is 279 g/mol. The molecule has 0 spiro atoms. The maximum absolute atomic E-state index is 13.8. The van der Waals surface area contributed by atoms with Gasteiger partial charge in [-0.1, -0.05) is 23.7 Å². The van der Waals surface area contributed by atoms with E-state index in [0.29, 0.717) is 11.3 Å². The number of phenols is 1. The van der Waals surface area contributed by atoms with E-state index in [1.54, 1.807) is 19.1 Å². The number of anilines is 1. The summed E-state index contributed by atoms with van der Waals surface area (Å²) in [6.45, 7) is 1.58. The lowest BCUT2D eigenvalue weighted by Crippen LogP contribution is -2.14. The molecule has 2 aromatic rings. The van der Waals surface area contributed by atoms with Crippen molar-refractivity contribution in [2.45, 2.75) is 6.92 Å². The normalized spacial score (nSPS) is 10.3. The average molecular weight is 280 g/mol. The molecular weight excluding hydrogens is 269 g/mol. The number of carbonyl (C=O) groups is 1. The Kier molecular flexibility index (Phi) is 3.71. The van der Waals surface area contributed by atoms with Crippen LogP contribution in [0.1, 0.15) is 15.9 Å². The van der Waals surface area contributed by atoms with Crippen LogP contribution in [0.4, 0.5) is 10.1 Å². The summed E-state index contributed by atoms with van der Waals surface area (Å²) >= 11 is 5.86. The summed E-state index contributed by atoms with van der Waals surface area (Å²) in [6, 6.07) is 8.71. The molecule has 0 bridgehead atoms. The van der Waals surface area contributed by atoms with Gasteiger partial charge < -0.3 is 10.4 Å². The van der Waals surface area contributed by atoms with Gasteiger partial charge in [0.2, 0.25) is 0 Å². The molecule has 0 unspecified atom stereocenters. The standard InChI is InChI=1S/C14H11ClFNO2/c1-8-3-2-4-10(13(8)16)14(19)17-12-6-5-9(18)7-11(12)15/h2-7,18H,1H3,(H,17,19). The van der Waals surface area contributed by atoms with Crippen LogP contribution in [-0.4, -0.2) is 11.0 Å². The summed E-state index contributed by atoms with van der Waals surface area (Å²) in [5.41, 5.74) is 0.652. The van der Waals surface area contributed by atoms with Crippen LogP contribution in [0.25, 0.3) is 0 Å². The highest BCUT2D eigenvalue weighted by atomic mass is 35.5. The van der Waals surface area contributed by atoms with Gasteiger partial charge in [-0.2, -0.15) is 0 Å². The molecule has 0 aliphatic heterocycles. The van der Waals surface area contributed by atoms with Crippen LogP contribution in [0.3, 0.4) is 0 Å². The van der Waals surface area contributed by atoms with Gasteiger partial charge in [0.05, 0.1) is 16.3 Å². The van der Waals surface area contributed by atoms with Gasteiger partial charge in [0.1, 0.15) is 11.6 Å². The van der Waals surface area contributed by atoms with E-state index in [1.807, 2.05) is 0 Å². The van der Waals surface area contributed by atoms with Gasteiger partial charge in [-0.3, -0.25) is 4.79 Å². The number of halogens is 2. The van der Waals surface area contributed by atoms with E-state index in [4.69, 9.17) is 11.6 Å². The number of aryl methyl sites for hydroxylation is 1. The zero-order valence-electron chi connectivity index (χ0n) is 10.1. The van der Waals surface area contributed by atoms with E-state index >= 15 is 0 Å². The second-order valence-corrected chi connectivity index (χ2v) is 4.46. The first-order chi connectivity index (χ1) is 8.99. The Balaban J connectivity index is 2.28. The van der Waals surface area contributed by atoms with E-state index in [0.717, 1.165) is 0 Å². The van der Waals surface area contributed by atoms with Crippen LogP contribution in [0.5, 0.6) is 5.75 Å². The molecule has 0 heterocycles. The first-order valence-corrected chi connectivity index (χ1v) is 5.92. The zero-order chi connectivity index (χ0) is 14.0. The van der Waals surface area contributed by atoms with Gasteiger partial charge >= 0.3 is 0 Å². The van der Waals surface area contributed by atoms with Crippen molar-refractivity contribution in [3.63, 3.8) is 0 Å². The minimum absolute atomic E-state index is 0.00950. The van der Waals surface area contributed by atoms with Gasteiger partial charge in [0.15, 0.2) is 0 Å². The number of carbonyl (C=O) groups excluding carboxylic acids is 1. The van der Waals surface area contributed by atoms with Crippen molar-refractivity contribution in [1.82, 2.24) is 0 Å². The number of amides is 1. The molecule has 1 amide bonds. The molecule has 0 saturated carbocycles. The number of benzene rings is 2. The minimum atomic E-state index is -0.589. The van der Waals surface area contributed by atoms with Crippen LogP contribution >= 0.6 is 11.6 Å². The lowest BCUT2D eigenvalue weighted by molar-refractivity contribution is 0.102. The highest BCUT2D eigenvalue weighted by molar-refractivity contribution is 6.34. The number of hydrogen-bond donors (Lipinski definition) is 2. The summed E-state index contributed by atoms with van der Waals surface area (Å²) in [5.74, 6) is -1.16. The number of aromatic hydroxyl groups is 1. The number of phenolic OH excluding ortho intramolecular Hbond substituents is 1. The Morgan fingerprint density at radius 2 is 2.05 bits per heavy atom. The quantitative estimate of drug-likeness (QED) is 0.823. The maximum Gasteiger partial charge on any atom is 0.258 e. The molecule has 3 nitrogen and oxygen atoms in total. The van der Waals surface area contributed by atoms with Crippen LogP contribution in [0.2, 0.25) is 5.02 Å². The molecule has 0 fully saturated rings. The summed E-state index contributed by atoms with van der Waals surface area (Å²) < 4.78 is 13.8. The third-order valence-corrected chi connectivity index (χ3v) is 2.95. The van der Waals surface area contributed by atoms with E-state index in [9.17, 15) is 14.3 Å². The van der Waals surface area contributed by atoms with Gasteiger partial charge in [0.25, 0.3) is 5.91 Å². The molecule has 2 N–H and O–H groups in total. The molecule has 19 heavy (non-hydrogen) atoms. The summed E-state index contributed by atoms with van der Waals surface area (Å²) in [6.07, 6.45) is 0. The fraction of sp³-hybridized carbons (Fsp3) is 0.0714. The van der Waals surface area contributed by atoms with Crippen molar-refractivity contribution < 1.29 is 14.3 Å². The van der Waals surface area contributed by atoms with Gasteiger partial charge in [0, 0.05) is 6.07 Å². The summed E-state index contributed by atoms with van der Waals surface area (Å²) in [7, 11) is 0. The minimum Gasteiger partial charge on any atom is -0.508 e. The molecule has 0 aromatic heterocycles. The van der Waals surface area contributed by atoms with Crippen molar-refractivity contribution in [2.24, 2.45) is 0 Å². The van der Waals surface area contributed by atoms with Gasteiger partial charge in [-0.25, -0.2) is 4.39 Å². The first-order valence-electron chi connectivity index (χ1n) is 5.54. The summed E-state index contributed by atoms with van der Waals surface area (Å²) in [4.78, 5) is 12.0. The molecule has 98 valence electrons. The Morgan fingerprint density at radius 3 is 2.74 bits per heavy atom. The molecule has 0 radical (unpaired) electrons. The largest absolute Gasteiger partial charge is 0.508 e. The molecule has 5 heteroatoms. The van der Waals surface area contributed by atoms with Crippen molar-refractivity contribution in [2.75, 3.05) is 5.32 Å². The molecule has 2 aromatic carbocycles. The first kappa shape index (κ1) is 13.4. The fourth-order valence-corrected chi connectivity index (χ4v) is 1.84. The lowest BCUT2D eigenvalue weighted by Gasteiger charge is -2.09. The maximum atomic E-state index is 13.8. The number of rotatable bonds is 2. The third-order valence-electron chi connectivity index (χ3n) is 2.64. The second-order valence-electron chi connectivity index (χ2n) is 4.05. The second kappa shape index (κ2) is 5.28. The molecular formula is C14H11ClFNO2. The highest BCUT2D eigenvalue weighted by Gasteiger charge is 2.14. The van der Waals surface area contributed by atoms with Crippen molar-refractivity contribution in [3.05, 3.63) is 58.4 Å². The molecule has 0 atom stereocenters. The zero-order valence-corrected chi connectivity index (χ0v) is 10.8. The van der Waals surface area contributed by atoms with Crippen LogP contribution in [0, 0.1) is 12.7 Å². The Morgan fingerprint density at radius 1 is 1.32 bits per heavy atom. The van der Waals surface area contributed by atoms with Crippen molar-refractivity contribution in [3.8, 4) is 5.75 Å². The third kappa shape index (κ3) is 2.85. The predicted molar refractivity (Wildman–Crippen MR) is 72.2 cm³/mol. The topological polar surface area (TPSA) is 49.3 Å². The van der Waals surface area contributed by atoms with Crippen LogP contribution in [0.15, 0.2) is 36.4 Å². The number of hydrogen-bond acceptors (Lipinski definition) is 2. The average Bonchev–Trinajstić information content (AvgIpc) is 2.36. The van der Waals surface area contributed by atoms with Crippen LogP contribution < -0.4 is 5.32 Å². The SMILES string of the molecule is Cc1cccc(C(=O)Nc2ccc(O)cc2Cl)c1F. The Bertz CT molecular complexity index is 643. The van der Waals surface area contributed by atoms with E-state index in [1.165, 1.54) is 24.3 Å².